The molecule has 0 aliphatic heterocycles. The molecule has 3 aromatic rings. The number of esters is 1. The van der Waals surface area contributed by atoms with Crippen LogP contribution in [0.15, 0.2) is 47.3 Å². The number of ether oxygens (including phenoxy) is 3. The Balaban J connectivity index is 1.72. The van der Waals surface area contributed by atoms with Crippen LogP contribution in [-0.4, -0.2) is 36.3 Å². The van der Waals surface area contributed by atoms with Crippen molar-refractivity contribution in [2.45, 2.75) is 13.5 Å². The molecule has 0 bridgehead atoms. The first kappa shape index (κ1) is 18.4. The maximum absolute atomic E-state index is 12.6. The number of aryl methyl sites for hydroxylation is 1. The van der Waals surface area contributed by atoms with Crippen LogP contribution in [0.4, 0.5) is 0 Å². The van der Waals surface area contributed by atoms with Gasteiger partial charge in [-0.1, -0.05) is 12.1 Å². The van der Waals surface area contributed by atoms with Crippen molar-refractivity contribution in [1.82, 2.24) is 9.55 Å². The monoisotopic (exact) mass is 368 g/mol. The number of rotatable bonds is 6. The van der Waals surface area contributed by atoms with Gasteiger partial charge >= 0.3 is 5.97 Å². The number of aromatic nitrogens is 2. The topological polar surface area (TPSA) is 79.7 Å². The van der Waals surface area contributed by atoms with Gasteiger partial charge in [0.2, 0.25) is 0 Å². The Morgan fingerprint density at radius 3 is 2.56 bits per heavy atom. The Morgan fingerprint density at radius 2 is 1.81 bits per heavy atom. The number of carbonyl (C=O) groups excluding carboxylic acids is 1. The quantitative estimate of drug-likeness (QED) is 0.622. The highest BCUT2D eigenvalue weighted by atomic mass is 16.5. The minimum Gasteiger partial charge on any atom is -0.493 e. The summed E-state index contributed by atoms with van der Waals surface area (Å²) in [7, 11) is 3.02. The van der Waals surface area contributed by atoms with Crippen LogP contribution >= 0.6 is 0 Å². The lowest BCUT2D eigenvalue weighted by Crippen LogP contribution is -2.26. The summed E-state index contributed by atoms with van der Waals surface area (Å²) in [6.07, 6.45) is 0. The average molecular weight is 368 g/mol. The van der Waals surface area contributed by atoms with Gasteiger partial charge in [0.25, 0.3) is 5.56 Å². The number of hydrogen-bond acceptors (Lipinski definition) is 6. The van der Waals surface area contributed by atoms with Gasteiger partial charge in [-0.15, -0.1) is 0 Å². The van der Waals surface area contributed by atoms with Crippen LogP contribution in [0.1, 0.15) is 16.2 Å². The molecular formula is C20H20N2O5. The number of carbonyl (C=O) groups is 1. The van der Waals surface area contributed by atoms with Crippen molar-refractivity contribution < 1.29 is 19.0 Å². The highest BCUT2D eigenvalue weighted by molar-refractivity contribution is 5.90. The maximum Gasteiger partial charge on any atom is 0.338 e. The van der Waals surface area contributed by atoms with E-state index in [0.717, 1.165) is 0 Å². The number of benzene rings is 2. The Bertz CT molecular complexity index is 1040. The van der Waals surface area contributed by atoms with Gasteiger partial charge in [-0.3, -0.25) is 9.36 Å². The summed E-state index contributed by atoms with van der Waals surface area (Å²) >= 11 is 0. The molecule has 0 saturated carbocycles. The molecule has 7 heteroatoms. The van der Waals surface area contributed by atoms with Crippen molar-refractivity contribution in [2.24, 2.45) is 0 Å². The zero-order chi connectivity index (χ0) is 19.4. The molecule has 0 radical (unpaired) electrons. The van der Waals surface area contributed by atoms with Gasteiger partial charge < -0.3 is 14.2 Å². The molecule has 7 nitrogen and oxygen atoms in total. The molecule has 0 aliphatic rings. The van der Waals surface area contributed by atoms with Crippen molar-refractivity contribution >= 4 is 16.9 Å². The smallest absolute Gasteiger partial charge is 0.338 e. The second-order valence-electron chi connectivity index (χ2n) is 5.84. The fourth-order valence-corrected chi connectivity index (χ4v) is 2.82. The van der Waals surface area contributed by atoms with E-state index in [4.69, 9.17) is 14.2 Å². The molecule has 0 spiro atoms. The minimum atomic E-state index is -0.504. The third-order valence-electron chi connectivity index (χ3n) is 4.22. The standard InChI is InChI=1S/C20H20N2O5/c1-13-21-16-7-5-4-6-15(16)19(23)22(13)10-11-27-20(24)14-8-9-17(25-2)18(12-14)26-3/h4-9,12H,10-11H2,1-3H3. The Labute approximate surface area is 156 Å². The van der Waals surface area contributed by atoms with E-state index < -0.39 is 5.97 Å². The molecule has 1 heterocycles. The molecule has 0 unspecified atom stereocenters. The maximum atomic E-state index is 12.6. The molecule has 0 aliphatic carbocycles. The van der Waals surface area contributed by atoms with Gasteiger partial charge in [0.15, 0.2) is 11.5 Å². The van der Waals surface area contributed by atoms with E-state index in [9.17, 15) is 9.59 Å². The number of hydrogen-bond donors (Lipinski definition) is 0. The highest BCUT2D eigenvalue weighted by Gasteiger charge is 2.13. The first-order valence-corrected chi connectivity index (χ1v) is 8.40. The van der Waals surface area contributed by atoms with Crippen molar-refractivity contribution in [3.05, 3.63) is 64.2 Å². The van der Waals surface area contributed by atoms with E-state index in [1.54, 1.807) is 43.3 Å². The fourth-order valence-electron chi connectivity index (χ4n) is 2.82. The van der Waals surface area contributed by atoms with Crippen LogP contribution in [0.25, 0.3) is 10.9 Å². The number of fused-ring (bicyclic) bond motifs is 1. The summed E-state index contributed by atoms with van der Waals surface area (Å²) in [5, 5.41) is 0.536. The fraction of sp³-hybridized carbons (Fsp3) is 0.250. The van der Waals surface area contributed by atoms with Gasteiger partial charge in [0.1, 0.15) is 12.4 Å². The summed E-state index contributed by atoms with van der Waals surface area (Å²) in [5.41, 5.74) is 0.840. The molecule has 1 aromatic heterocycles. The summed E-state index contributed by atoms with van der Waals surface area (Å²) < 4.78 is 17.1. The molecule has 140 valence electrons. The van der Waals surface area contributed by atoms with E-state index in [-0.39, 0.29) is 18.7 Å². The normalized spacial score (nSPS) is 10.6. The molecule has 0 amide bonds. The predicted molar refractivity (Wildman–Crippen MR) is 101 cm³/mol. The lowest BCUT2D eigenvalue weighted by Gasteiger charge is -2.12. The summed E-state index contributed by atoms with van der Waals surface area (Å²) in [6.45, 7) is 2.03. The average Bonchev–Trinajstić information content (AvgIpc) is 2.69. The van der Waals surface area contributed by atoms with Crippen LogP contribution in [0, 0.1) is 6.92 Å². The van der Waals surface area contributed by atoms with Crippen LogP contribution in [-0.2, 0) is 11.3 Å². The third kappa shape index (κ3) is 3.76. The highest BCUT2D eigenvalue weighted by Crippen LogP contribution is 2.27. The van der Waals surface area contributed by atoms with Crippen LogP contribution in [0.5, 0.6) is 11.5 Å². The molecule has 3 rings (SSSR count). The molecule has 2 aromatic carbocycles. The lowest BCUT2D eigenvalue weighted by molar-refractivity contribution is 0.0489. The zero-order valence-corrected chi connectivity index (χ0v) is 15.4. The van der Waals surface area contributed by atoms with E-state index in [1.807, 2.05) is 6.07 Å². The van der Waals surface area contributed by atoms with E-state index in [1.165, 1.54) is 18.8 Å². The first-order chi connectivity index (χ1) is 13.0. The van der Waals surface area contributed by atoms with Gasteiger partial charge in [-0.05, 0) is 37.3 Å². The van der Waals surface area contributed by atoms with Crippen molar-refractivity contribution in [2.75, 3.05) is 20.8 Å². The van der Waals surface area contributed by atoms with Crippen LogP contribution in [0.3, 0.4) is 0 Å². The molecule has 0 saturated heterocycles. The minimum absolute atomic E-state index is 0.0495. The molecule has 0 fully saturated rings. The zero-order valence-electron chi connectivity index (χ0n) is 15.4. The Morgan fingerprint density at radius 1 is 1.07 bits per heavy atom. The molecule has 0 atom stereocenters. The molecule has 27 heavy (non-hydrogen) atoms. The first-order valence-electron chi connectivity index (χ1n) is 8.40. The Kier molecular flexibility index (Phi) is 5.40. The van der Waals surface area contributed by atoms with E-state index in [2.05, 4.69) is 4.98 Å². The SMILES string of the molecule is COc1ccc(C(=O)OCCn2c(C)nc3ccccc3c2=O)cc1OC. The second kappa shape index (κ2) is 7.90. The van der Waals surface area contributed by atoms with Gasteiger partial charge in [0, 0.05) is 0 Å². The molecular weight excluding hydrogens is 348 g/mol. The number of nitrogens with zero attached hydrogens (tertiary/aromatic N) is 2. The third-order valence-corrected chi connectivity index (χ3v) is 4.22. The Hall–Kier alpha value is -3.35. The lowest BCUT2D eigenvalue weighted by atomic mass is 10.2. The summed E-state index contributed by atoms with van der Waals surface area (Å²) in [4.78, 5) is 29.3. The van der Waals surface area contributed by atoms with Crippen LogP contribution in [0.2, 0.25) is 0 Å². The van der Waals surface area contributed by atoms with Crippen LogP contribution < -0.4 is 15.0 Å². The summed E-state index contributed by atoms with van der Waals surface area (Å²) in [5.74, 6) is 1.03. The number of para-hydroxylation sites is 1. The van der Waals surface area contributed by atoms with Crippen molar-refractivity contribution in [3.8, 4) is 11.5 Å². The molecule has 0 N–H and O–H groups in total. The van der Waals surface area contributed by atoms with Gasteiger partial charge in [-0.25, -0.2) is 9.78 Å². The van der Waals surface area contributed by atoms with E-state index >= 15 is 0 Å². The second-order valence-corrected chi connectivity index (χ2v) is 5.84. The van der Waals surface area contributed by atoms with Gasteiger partial charge in [0.05, 0.1) is 37.2 Å². The predicted octanol–water partition coefficient (Wildman–Crippen LogP) is 2.58. The van der Waals surface area contributed by atoms with Crippen molar-refractivity contribution in [1.29, 1.82) is 0 Å². The number of methoxy groups -OCH3 is 2. The van der Waals surface area contributed by atoms with Gasteiger partial charge in [-0.2, -0.15) is 0 Å². The summed E-state index contributed by atoms with van der Waals surface area (Å²) in [6, 6.07) is 11.9. The van der Waals surface area contributed by atoms with E-state index in [0.29, 0.717) is 33.8 Å². The van der Waals surface area contributed by atoms with Crippen molar-refractivity contribution in [3.63, 3.8) is 0 Å². The largest absolute Gasteiger partial charge is 0.493 e.